The van der Waals surface area contributed by atoms with E-state index in [4.69, 9.17) is 15.8 Å². The number of aryl methyl sites for hydroxylation is 1. The molecule has 140 valence electrons. The Morgan fingerprint density at radius 3 is 2.63 bits per heavy atom. The molecular weight excluding hydrogens is 348 g/mol. The van der Waals surface area contributed by atoms with E-state index in [0.29, 0.717) is 17.7 Å². The molecule has 0 unspecified atom stereocenters. The van der Waals surface area contributed by atoms with Crippen LogP contribution in [-0.4, -0.2) is 24.0 Å². The number of ether oxygens (including phenoxy) is 1. The number of nitrogens with two attached hydrogens (primary N) is 1. The van der Waals surface area contributed by atoms with Crippen LogP contribution in [0.2, 0.25) is 0 Å². The summed E-state index contributed by atoms with van der Waals surface area (Å²) in [6.07, 6.45) is 2.22. The molecule has 8 heteroatoms. The largest absolute Gasteiger partial charge is 0.464 e. The van der Waals surface area contributed by atoms with Crippen molar-refractivity contribution in [2.75, 3.05) is 18.2 Å². The summed E-state index contributed by atoms with van der Waals surface area (Å²) in [5.41, 5.74) is 2.09. The van der Waals surface area contributed by atoms with Gasteiger partial charge in [0, 0.05) is 12.1 Å². The maximum absolute atomic E-state index is 11.8. The minimum absolute atomic E-state index is 0.0688. The van der Waals surface area contributed by atoms with Gasteiger partial charge in [-0.15, -0.1) is 0 Å². The summed E-state index contributed by atoms with van der Waals surface area (Å²) in [5, 5.41) is 20.7. The number of hydrogen-bond acceptors (Lipinski definition) is 7. The van der Waals surface area contributed by atoms with Gasteiger partial charge in [-0.05, 0) is 43.0 Å². The molecule has 2 rings (SSSR count). The first-order valence-electron chi connectivity index (χ1n) is 8.41. The van der Waals surface area contributed by atoms with Crippen molar-refractivity contribution < 1.29 is 14.5 Å². The predicted octanol–water partition coefficient (Wildman–Crippen LogP) is 2.71. The molecule has 0 saturated heterocycles. The molecular formula is C19H20N4O4. The molecule has 0 radical (unpaired) electrons. The second-order valence-corrected chi connectivity index (χ2v) is 5.89. The number of non-ortho nitro benzene ring substituents is 1. The van der Waals surface area contributed by atoms with Crippen LogP contribution in [0, 0.1) is 21.4 Å². The van der Waals surface area contributed by atoms with Crippen molar-refractivity contribution in [1.82, 2.24) is 0 Å². The fraction of sp³-hybridized carbons (Fsp3) is 0.263. The Morgan fingerprint density at radius 2 is 1.96 bits per heavy atom. The third kappa shape index (κ3) is 6.41. The van der Waals surface area contributed by atoms with Crippen LogP contribution in [0.15, 0.2) is 48.5 Å². The Balaban J connectivity index is 1.67. The van der Waals surface area contributed by atoms with Gasteiger partial charge in [-0.2, -0.15) is 5.26 Å². The maximum atomic E-state index is 11.8. The standard InChI is InChI=1S/C19H20N4O4/c20-13-16-5-3-6-18(12-16)22(21)14-19(24)27-11-2-1-4-15-7-9-17(10-8-15)23(25)26/h3,5-10,12H,1-2,4,11,14,21H2. The van der Waals surface area contributed by atoms with Crippen molar-refractivity contribution >= 4 is 17.3 Å². The van der Waals surface area contributed by atoms with E-state index in [9.17, 15) is 14.9 Å². The molecule has 2 aromatic rings. The molecule has 0 atom stereocenters. The van der Waals surface area contributed by atoms with Crippen molar-refractivity contribution in [3.8, 4) is 6.07 Å². The van der Waals surface area contributed by atoms with E-state index in [0.717, 1.165) is 18.4 Å². The summed E-state index contributed by atoms with van der Waals surface area (Å²) in [6.45, 7) is 0.162. The van der Waals surface area contributed by atoms with Crippen molar-refractivity contribution in [2.45, 2.75) is 19.3 Å². The van der Waals surface area contributed by atoms with E-state index in [2.05, 4.69) is 0 Å². The van der Waals surface area contributed by atoms with E-state index >= 15 is 0 Å². The van der Waals surface area contributed by atoms with Crippen molar-refractivity contribution in [1.29, 1.82) is 5.26 Å². The van der Waals surface area contributed by atoms with Crippen LogP contribution in [0.1, 0.15) is 24.0 Å². The summed E-state index contributed by atoms with van der Waals surface area (Å²) >= 11 is 0. The fourth-order valence-corrected chi connectivity index (χ4v) is 2.43. The van der Waals surface area contributed by atoms with Gasteiger partial charge in [0.15, 0.2) is 0 Å². The minimum atomic E-state index is -0.449. The molecule has 0 amide bonds. The molecule has 0 aromatic heterocycles. The summed E-state index contributed by atoms with van der Waals surface area (Å²) in [7, 11) is 0. The van der Waals surface area contributed by atoms with Gasteiger partial charge >= 0.3 is 5.97 Å². The molecule has 8 nitrogen and oxygen atoms in total. The number of benzene rings is 2. The number of nitro benzene ring substituents is 1. The maximum Gasteiger partial charge on any atom is 0.327 e. The lowest BCUT2D eigenvalue weighted by molar-refractivity contribution is -0.384. The third-order valence-corrected chi connectivity index (χ3v) is 3.88. The van der Waals surface area contributed by atoms with Gasteiger partial charge in [0.1, 0.15) is 6.54 Å². The molecule has 2 aromatic carbocycles. The van der Waals surface area contributed by atoms with Crippen molar-refractivity contribution in [3.63, 3.8) is 0 Å². The molecule has 0 saturated carbocycles. The van der Waals surface area contributed by atoms with Crippen LogP contribution < -0.4 is 10.9 Å². The SMILES string of the molecule is N#Cc1cccc(N(N)CC(=O)OCCCCc2ccc([N+](=O)[O-])cc2)c1. The molecule has 27 heavy (non-hydrogen) atoms. The van der Waals surface area contributed by atoms with Crippen molar-refractivity contribution in [2.24, 2.45) is 5.84 Å². The zero-order valence-electron chi connectivity index (χ0n) is 14.7. The number of anilines is 1. The van der Waals surface area contributed by atoms with Crippen LogP contribution in [0.3, 0.4) is 0 Å². The number of hydrogen-bond donors (Lipinski definition) is 1. The van der Waals surface area contributed by atoms with Gasteiger partial charge in [-0.1, -0.05) is 18.2 Å². The van der Waals surface area contributed by atoms with E-state index < -0.39 is 10.9 Å². The Bertz CT molecular complexity index is 830. The number of esters is 1. The second-order valence-electron chi connectivity index (χ2n) is 5.89. The van der Waals surface area contributed by atoms with Gasteiger partial charge in [0.05, 0.1) is 28.9 Å². The van der Waals surface area contributed by atoms with Crippen LogP contribution in [0.5, 0.6) is 0 Å². The van der Waals surface area contributed by atoms with E-state index in [-0.39, 0.29) is 18.8 Å². The number of hydrazine groups is 1. The summed E-state index contributed by atoms with van der Waals surface area (Å²) in [6, 6.07) is 15.1. The molecule has 0 aliphatic rings. The average Bonchev–Trinajstić information content (AvgIpc) is 2.68. The van der Waals surface area contributed by atoms with Crippen LogP contribution in [0.4, 0.5) is 11.4 Å². The molecule has 2 N–H and O–H groups in total. The fourth-order valence-electron chi connectivity index (χ4n) is 2.43. The van der Waals surface area contributed by atoms with Gasteiger partial charge in [-0.25, -0.2) is 5.84 Å². The van der Waals surface area contributed by atoms with E-state index in [1.165, 1.54) is 17.1 Å². The number of nitriles is 1. The lowest BCUT2D eigenvalue weighted by Gasteiger charge is -2.17. The number of nitrogens with zero attached hydrogens (tertiary/aromatic N) is 3. The van der Waals surface area contributed by atoms with Gasteiger partial charge < -0.3 is 4.74 Å². The van der Waals surface area contributed by atoms with Gasteiger partial charge in [0.25, 0.3) is 5.69 Å². The zero-order valence-corrected chi connectivity index (χ0v) is 14.7. The summed E-state index contributed by atoms with van der Waals surface area (Å²) < 4.78 is 5.16. The Kier molecular flexibility index (Phi) is 7.28. The first-order valence-corrected chi connectivity index (χ1v) is 8.41. The van der Waals surface area contributed by atoms with E-state index in [1.54, 1.807) is 36.4 Å². The first-order chi connectivity index (χ1) is 13.0. The normalized spacial score (nSPS) is 10.1. The average molecular weight is 368 g/mol. The van der Waals surface area contributed by atoms with Crippen LogP contribution >= 0.6 is 0 Å². The van der Waals surface area contributed by atoms with Crippen LogP contribution in [-0.2, 0) is 16.0 Å². The van der Waals surface area contributed by atoms with Crippen LogP contribution in [0.25, 0.3) is 0 Å². The highest BCUT2D eigenvalue weighted by molar-refractivity contribution is 5.75. The summed E-state index contributed by atoms with van der Waals surface area (Å²) in [4.78, 5) is 22.0. The highest BCUT2D eigenvalue weighted by Crippen LogP contribution is 2.14. The summed E-state index contributed by atoms with van der Waals surface area (Å²) in [5.74, 6) is 5.39. The Hall–Kier alpha value is -3.44. The monoisotopic (exact) mass is 368 g/mol. The smallest absolute Gasteiger partial charge is 0.327 e. The molecule has 0 fully saturated rings. The molecule has 0 heterocycles. The topological polar surface area (TPSA) is 122 Å². The highest BCUT2D eigenvalue weighted by atomic mass is 16.6. The first kappa shape index (κ1) is 19.9. The molecule has 0 spiro atoms. The molecule has 0 bridgehead atoms. The van der Waals surface area contributed by atoms with E-state index in [1.807, 2.05) is 6.07 Å². The van der Waals surface area contributed by atoms with Gasteiger partial charge in [0.2, 0.25) is 0 Å². The molecule has 0 aliphatic heterocycles. The Morgan fingerprint density at radius 1 is 1.22 bits per heavy atom. The number of rotatable bonds is 9. The third-order valence-electron chi connectivity index (χ3n) is 3.88. The lowest BCUT2D eigenvalue weighted by Crippen LogP contribution is -2.37. The van der Waals surface area contributed by atoms with Crippen molar-refractivity contribution in [3.05, 3.63) is 69.8 Å². The van der Waals surface area contributed by atoms with Gasteiger partial charge in [-0.3, -0.25) is 19.9 Å². The number of carbonyl (C=O) groups is 1. The minimum Gasteiger partial charge on any atom is -0.464 e. The highest BCUT2D eigenvalue weighted by Gasteiger charge is 2.10. The Labute approximate surface area is 156 Å². The molecule has 0 aliphatic carbocycles. The lowest BCUT2D eigenvalue weighted by atomic mass is 10.1. The number of nitro groups is 1. The number of unbranched alkanes of at least 4 members (excludes halogenated alkanes) is 1. The zero-order chi connectivity index (χ0) is 19.6. The predicted molar refractivity (Wildman–Crippen MR) is 99.7 cm³/mol. The number of carbonyl (C=O) groups excluding carboxylic acids is 1. The second kappa shape index (κ2) is 9.89. The quantitative estimate of drug-likeness (QED) is 0.237.